The summed E-state index contributed by atoms with van der Waals surface area (Å²) in [6.45, 7) is 4.03. The summed E-state index contributed by atoms with van der Waals surface area (Å²) in [6, 6.07) is 14.0. The smallest absolute Gasteiger partial charge is 0.259 e. The summed E-state index contributed by atoms with van der Waals surface area (Å²) < 4.78 is 29.5. The van der Waals surface area contributed by atoms with Gasteiger partial charge in [-0.1, -0.05) is 18.2 Å². The van der Waals surface area contributed by atoms with Gasteiger partial charge in [-0.25, -0.2) is 18.7 Å². The van der Waals surface area contributed by atoms with E-state index in [9.17, 15) is 18.7 Å². The Morgan fingerprint density at radius 2 is 1.85 bits per heavy atom. The van der Waals surface area contributed by atoms with Gasteiger partial charge >= 0.3 is 0 Å². The van der Waals surface area contributed by atoms with Crippen LogP contribution in [0.5, 0.6) is 0 Å². The lowest BCUT2D eigenvalue weighted by atomic mass is 10.0. The van der Waals surface area contributed by atoms with Crippen molar-refractivity contribution in [3.05, 3.63) is 89.5 Å². The lowest BCUT2D eigenvalue weighted by Gasteiger charge is -2.39. The molecular weight excluding hydrogens is 502 g/mol. The number of amides is 1. The Morgan fingerprint density at radius 3 is 2.62 bits per heavy atom. The Kier molecular flexibility index (Phi) is 6.26. The molecule has 2 aliphatic heterocycles. The van der Waals surface area contributed by atoms with E-state index in [4.69, 9.17) is 0 Å². The molecule has 0 spiro atoms. The van der Waals surface area contributed by atoms with Crippen LogP contribution in [0, 0.1) is 18.6 Å². The van der Waals surface area contributed by atoms with E-state index in [1.54, 1.807) is 35.9 Å². The first-order valence-electron chi connectivity index (χ1n) is 12.8. The van der Waals surface area contributed by atoms with Crippen LogP contribution in [0.3, 0.4) is 0 Å². The number of anilines is 3. The summed E-state index contributed by atoms with van der Waals surface area (Å²) in [5.41, 5.74) is 4.72. The van der Waals surface area contributed by atoms with Crippen molar-refractivity contribution < 1.29 is 18.7 Å². The highest BCUT2D eigenvalue weighted by molar-refractivity contribution is 5.96. The third kappa shape index (κ3) is 4.50. The molecule has 2 aromatic carbocycles. The van der Waals surface area contributed by atoms with Gasteiger partial charge in [0.2, 0.25) is 5.95 Å². The largest absolute Gasteiger partial charge is 0.377 e. The fourth-order valence-electron chi connectivity index (χ4n) is 5.67. The number of aliphatic hydroxyl groups excluding tert-OH is 1. The number of nitrogens with one attached hydrogen (secondary N) is 1. The first-order chi connectivity index (χ1) is 18.8. The van der Waals surface area contributed by atoms with E-state index in [1.807, 2.05) is 25.1 Å². The maximum absolute atomic E-state index is 14.6. The SMILES string of the molecule is Cc1cc(-c2ccccc2F)c([C@H](O)C(=O)Nc2ccc3c(c2)CC2CN(c4ncc(F)cn4)CCN32)n1C. The van der Waals surface area contributed by atoms with Crippen LogP contribution in [-0.2, 0) is 18.3 Å². The van der Waals surface area contributed by atoms with Crippen LogP contribution >= 0.6 is 0 Å². The number of fused-ring (bicyclic) bond motifs is 3. The highest BCUT2D eigenvalue weighted by Gasteiger charge is 2.35. The molecule has 2 atom stereocenters. The molecule has 1 fully saturated rings. The Balaban J connectivity index is 1.19. The van der Waals surface area contributed by atoms with Gasteiger partial charge < -0.3 is 24.8 Å². The van der Waals surface area contributed by atoms with Crippen LogP contribution in [0.1, 0.15) is 23.1 Å². The third-order valence-electron chi connectivity index (χ3n) is 7.68. The van der Waals surface area contributed by atoms with Crippen molar-refractivity contribution in [2.75, 3.05) is 34.8 Å². The van der Waals surface area contributed by atoms with Crippen LogP contribution in [-0.4, -0.2) is 51.2 Å². The van der Waals surface area contributed by atoms with Crippen molar-refractivity contribution >= 4 is 23.2 Å². The lowest BCUT2D eigenvalue weighted by Crippen LogP contribution is -2.52. The number of carbonyl (C=O) groups excluding carboxylic acids is 1. The number of hydrogen-bond donors (Lipinski definition) is 2. The summed E-state index contributed by atoms with van der Waals surface area (Å²) in [5, 5.41) is 13.9. The van der Waals surface area contributed by atoms with Crippen LogP contribution in [0.4, 0.5) is 26.1 Å². The number of benzene rings is 2. The van der Waals surface area contributed by atoms with Crippen LogP contribution < -0.4 is 15.1 Å². The van der Waals surface area contributed by atoms with Gasteiger partial charge in [0.05, 0.1) is 24.1 Å². The summed E-state index contributed by atoms with van der Waals surface area (Å²) in [7, 11) is 1.75. The van der Waals surface area contributed by atoms with Gasteiger partial charge in [-0.2, -0.15) is 0 Å². The minimum absolute atomic E-state index is 0.202. The number of aliphatic hydroxyl groups is 1. The molecule has 0 bridgehead atoms. The van der Waals surface area contributed by atoms with E-state index in [0.717, 1.165) is 29.9 Å². The van der Waals surface area contributed by atoms with Crippen molar-refractivity contribution in [1.82, 2.24) is 14.5 Å². The summed E-state index contributed by atoms with van der Waals surface area (Å²) in [4.78, 5) is 25.8. The maximum atomic E-state index is 14.6. The zero-order chi connectivity index (χ0) is 27.3. The molecule has 0 saturated carbocycles. The van der Waals surface area contributed by atoms with E-state index in [2.05, 4.69) is 25.1 Å². The number of aromatic nitrogens is 3. The Morgan fingerprint density at radius 1 is 1.08 bits per heavy atom. The summed E-state index contributed by atoms with van der Waals surface area (Å²) >= 11 is 0. The molecule has 8 nitrogen and oxygen atoms in total. The van der Waals surface area contributed by atoms with Crippen LogP contribution in [0.25, 0.3) is 11.1 Å². The van der Waals surface area contributed by atoms with E-state index in [0.29, 0.717) is 41.5 Å². The monoisotopic (exact) mass is 530 g/mol. The molecule has 1 amide bonds. The quantitative estimate of drug-likeness (QED) is 0.406. The minimum atomic E-state index is -1.50. The normalized spacial score (nSPS) is 17.1. The highest BCUT2D eigenvalue weighted by atomic mass is 19.1. The van der Waals surface area contributed by atoms with Crippen molar-refractivity contribution in [3.8, 4) is 11.1 Å². The third-order valence-corrected chi connectivity index (χ3v) is 7.68. The highest BCUT2D eigenvalue weighted by Crippen LogP contribution is 2.37. The van der Waals surface area contributed by atoms with Crippen LogP contribution in [0.2, 0.25) is 0 Å². The second-order valence-electron chi connectivity index (χ2n) is 10.1. The number of hydrogen-bond acceptors (Lipinski definition) is 6. The number of nitrogens with zero attached hydrogens (tertiary/aromatic N) is 5. The van der Waals surface area contributed by atoms with Gasteiger partial charge in [0, 0.05) is 54.9 Å². The summed E-state index contributed by atoms with van der Waals surface area (Å²) in [6.07, 6.45) is 1.63. The van der Waals surface area contributed by atoms with Crippen molar-refractivity contribution in [2.24, 2.45) is 7.05 Å². The number of carbonyl (C=O) groups is 1. The van der Waals surface area contributed by atoms with E-state index in [-0.39, 0.29) is 6.04 Å². The molecule has 200 valence electrons. The van der Waals surface area contributed by atoms with Gasteiger partial charge in [-0.15, -0.1) is 0 Å². The number of halogens is 2. The van der Waals surface area contributed by atoms with Gasteiger partial charge in [-0.05, 0) is 49.2 Å². The van der Waals surface area contributed by atoms with E-state index >= 15 is 0 Å². The van der Waals surface area contributed by atoms with Crippen molar-refractivity contribution in [3.63, 3.8) is 0 Å². The lowest BCUT2D eigenvalue weighted by molar-refractivity contribution is -0.124. The molecule has 4 aromatic rings. The molecule has 39 heavy (non-hydrogen) atoms. The van der Waals surface area contributed by atoms with Crippen molar-refractivity contribution in [2.45, 2.75) is 25.5 Å². The van der Waals surface area contributed by atoms with Gasteiger partial charge in [-0.3, -0.25) is 4.79 Å². The molecule has 2 aromatic heterocycles. The van der Waals surface area contributed by atoms with Gasteiger partial charge in [0.1, 0.15) is 5.82 Å². The molecule has 0 radical (unpaired) electrons. The number of rotatable bonds is 5. The number of piperazine rings is 1. The zero-order valence-electron chi connectivity index (χ0n) is 21.6. The molecule has 1 unspecified atom stereocenters. The number of aryl methyl sites for hydroxylation is 1. The first kappa shape index (κ1) is 25.0. The molecular formula is C29H28F2N6O2. The predicted molar refractivity (Wildman–Crippen MR) is 145 cm³/mol. The second-order valence-corrected chi connectivity index (χ2v) is 10.1. The molecule has 10 heteroatoms. The van der Waals surface area contributed by atoms with Gasteiger partial charge in [0.25, 0.3) is 5.91 Å². The predicted octanol–water partition coefficient (Wildman–Crippen LogP) is 3.99. The Labute approximate surface area is 224 Å². The maximum Gasteiger partial charge on any atom is 0.259 e. The topological polar surface area (TPSA) is 86.5 Å². The van der Waals surface area contributed by atoms with E-state index in [1.165, 1.54) is 18.5 Å². The first-order valence-corrected chi connectivity index (χ1v) is 12.8. The summed E-state index contributed by atoms with van der Waals surface area (Å²) in [5.74, 6) is -0.962. The molecule has 2 N–H and O–H groups in total. The van der Waals surface area contributed by atoms with E-state index < -0.39 is 23.6 Å². The fourth-order valence-corrected chi connectivity index (χ4v) is 5.67. The van der Waals surface area contributed by atoms with Gasteiger partial charge in [0.15, 0.2) is 11.9 Å². The Bertz CT molecular complexity index is 1550. The van der Waals surface area contributed by atoms with Crippen LogP contribution in [0.15, 0.2) is 60.9 Å². The average molecular weight is 531 g/mol. The van der Waals surface area contributed by atoms with Crippen molar-refractivity contribution in [1.29, 1.82) is 0 Å². The minimum Gasteiger partial charge on any atom is -0.377 e. The average Bonchev–Trinajstić information content (AvgIpc) is 3.44. The standard InChI is InChI=1S/C29H28F2N6O2/c1-17-11-23(22-5-3-4-6-24(22)31)26(35(17)2)27(38)28(39)34-20-7-8-25-18(12-20)13-21-16-36(9-10-37(21)25)29-32-14-19(30)15-33-29/h3-8,11-12,14-15,21,27,38H,9-10,13,16H2,1-2H3,(H,34,39)/t21?,27-/m0/s1. The zero-order valence-corrected chi connectivity index (χ0v) is 21.6. The molecule has 4 heterocycles. The molecule has 2 aliphatic rings. The molecule has 6 rings (SSSR count). The fraction of sp³-hybridized carbons (Fsp3) is 0.276. The molecule has 1 saturated heterocycles. The molecule has 0 aliphatic carbocycles. The Hall–Kier alpha value is -4.31. The second kappa shape index (κ2) is 9.77.